The molecule has 21 heavy (non-hydrogen) atoms. The molecule has 2 nitrogen and oxygen atoms in total. The minimum absolute atomic E-state index is 0.00972. The van der Waals surface area contributed by atoms with Crippen molar-refractivity contribution in [1.82, 2.24) is 0 Å². The van der Waals surface area contributed by atoms with Crippen LogP contribution in [0.15, 0.2) is 42.5 Å². The average molecular weight is 303 g/mol. The standard InChI is InChI=1S/C18H19ClO2/c1-12(2)14-5-7-15(8-6-14)17(20)11-21-18-10-13(3)4-9-16(18)19/h4-10,12H,11H2,1-3H3. The van der Waals surface area contributed by atoms with Crippen molar-refractivity contribution in [1.29, 1.82) is 0 Å². The summed E-state index contributed by atoms with van der Waals surface area (Å²) in [6.07, 6.45) is 0. The first kappa shape index (κ1) is 15.6. The van der Waals surface area contributed by atoms with Crippen LogP contribution < -0.4 is 4.74 Å². The highest BCUT2D eigenvalue weighted by atomic mass is 35.5. The van der Waals surface area contributed by atoms with Crippen LogP contribution in [-0.2, 0) is 0 Å². The third kappa shape index (κ3) is 4.08. The molecule has 3 heteroatoms. The number of Topliss-reactive ketones (excluding diaryl/α,β-unsaturated/α-hetero) is 1. The van der Waals surface area contributed by atoms with E-state index in [0.29, 0.717) is 22.3 Å². The van der Waals surface area contributed by atoms with Gasteiger partial charge in [0.1, 0.15) is 5.75 Å². The summed E-state index contributed by atoms with van der Waals surface area (Å²) in [5.74, 6) is 0.947. The summed E-state index contributed by atoms with van der Waals surface area (Å²) in [5, 5.41) is 0.517. The van der Waals surface area contributed by atoms with Crippen LogP contribution in [0.5, 0.6) is 5.75 Å². The van der Waals surface area contributed by atoms with Crippen molar-refractivity contribution < 1.29 is 9.53 Å². The number of hydrogen-bond donors (Lipinski definition) is 0. The van der Waals surface area contributed by atoms with E-state index >= 15 is 0 Å². The van der Waals surface area contributed by atoms with Gasteiger partial charge < -0.3 is 4.74 Å². The lowest BCUT2D eigenvalue weighted by molar-refractivity contribution is 0.0921. The number of carbonyl (C=O) groups is 1. The molecule has 2 aromatic carbocycles. The zero-order valence-corrected chi connectivity index (χ0v) is 13.3. The Morgan fingerprint density at radius 2 is 1.81 bits per heavy atom. The Kier molecular flexibility index (Phi) is 5.03. The molecule has 0 fully saturated rings. The highest BCUT2D eigenvalue weighted by Gasteiger charge is 2.09. The maximum atomic E-state index is 12.1. The van der Waals surface area contributed by atoms with Crippen LogP contribution in [-0.4, -0.2) is 12.4 Å². The zero-order chi connectivity index (χ0) is 15.4. The molecule has 0 N–H and O–H groups in total. The average Bonchev–Trinajstić information content (AvgIpc) is 2.48. The fourth-order valence-electron chi connectivity index (χ4n) is 2.00. The molecule has 0 aromatic heterocycles. The van der Waals surface area contributed by atoms with Gasteiger partial charge in [0, 0.05) is 5.56 Å². The van der Waals surface area contributed by atoms with Gasteiger partial charge in [-0.25, -0.2) is 0 Å². The van der Waals surface area contributed by atoms with Gasteiger partial charge in [-0.2, -0.15) is 0 Å². The molecule has 110 valence electrons. The third-order valence-corrected chi connectivity index (χ3v) is 3.66. The van der Waals surface area contributed by atoms with Gasteiger partial charge in [-0.1, -0.05) is 55.8 Å². The van der Waals surface area contributed by atoms with Crippen molar-refractivity contribution in [3.05, 3.63) is 64.2 Å². The first-order valence-electron chi connectivity index (χ1n) is 6.99. The van der Waals surface area contributed by atoms with E-state index in [1.54, 1.807) is 6.07 Å². The summed E-state index contributed by atoms with van der Waals surface area (Å²) in [5.41, 5.74) is 2.92. The highest BCUT2D eigenvalue weighted by Crippen LogP contribution is 2.25. The van der Waals surface area contributed by atoms with E-state index in [4.69, 9.17) is 16.3 Å². The number of aryl methyl sites for hydroxylation is 1. The summed E-state index contributed by atoms with van der Waals surface area (Å²) in [6, 6.07) is 13.2. The molecule has 0 radical (unpaired) electrons. The van der Waals surface area contributed by atoms with E-state index in [1.165, 1.54) is 5.56 Å². The Hall–Kier alpha value is -1.80. The number of halogens is 1. The Morgan fingerprint density at radius 3 is 2.43 bits per heavy atom. The second-order valence-electron chi connectivity index (χ2n) is 5.42. The molecular formula is C18H19ClO2. The van der Waals surface area contributed by atoms with Crippen molar-refractivity contribution in [2.45, 2.75) is 26.7 Å². The van der Waals surface area contributed by atoms with Gasteiger partial charge in [0.25, 0.3) is 0 Å². The molecule has 0 saturated heterocycles. The van der Waals surface area contributed by atoms with E-state index in [1.807, 2.05) is 43.3 Å². The summed E-state index contributed by atoms with van der Waals surface area (Å²) in [7, 11) is 0. The van der Waals surface area contributed by atoms with Gasteiger partial charge in [0.2, 0.25) is 0 Å². The quantitative estimate of drug-likeness (QED) is 0.724. The van der Waals surface area contributed by atoms with Crippen molar-refractivity contribution in [2.24, 2.45) is 0 Å². The summed E-state index contributed by atoms with van der Waals surface area (Å²) in [4.78, 5) is 12.1. The molecule has 0 bridgehead atoms. The van der Waals surface area contributed by atoms with Gasteiger partial charge in [-0.15, -0.1) is 0 Å². The Bertz CT molecular complexity index is 630. The minimum atomic E-state index is -0.0529. The number of benzene rings is 2. The molecule has 0 spiro atoms. The van der Waals surface area contributed by atoms with E-state index in [-0.39, 0.29) is 12.4 Å². The summed E-state index contributed by atoms with van der Waals surface area (Å²) < 4.78 is 5.53. The second-order valence-corrected chi connectivity index (χ2v) is 5.83. The van der Waals surface area contributed by atoms with Gasteiger partial charge in [-0.3, -0.25) is 4.79 Å². The van der Waals surface area contributed by atoms with Crippen molar-refractivity contribution in [3.63, 3.8) is 0 Å². The maximum absolute atomic E-state index is 12.1. The van der Waals surface area contributed by atoms with Crippen molar-refractivity contribution in [2.75, 3.05) is 6.61 Å². The molecule has 2 aromatic rings. The smallest absolute Gasteiger partial charge is 0.200 e. The Balaban J connectivity index is 2.03. The molecule has 0 aliphatic carbocycles. The van der Waals surface area contributed by atoms with Crippen LogP contribution in [0, 0.1) is 6.92 Å². The molecule has 0 aliphatic heterocycles. The molecular weight excluding hydrogens is 284 g/mol. The van der Waals surface area contributed by atoms with Crippen molar-refractivity contribution >= 4 is 17.4 Å². The predicted molar refractivity (Wildman–Crippen MR) is 86.5 cm³/mol. The molecule has 2 rings (SSSR count). The lowest BCUT2D eigenvalue weighted by Crippen LogP contribution is -2.12. The zero-order valence-electron chi connectivity index (χ0n) is 12.5. The molecule has 0 unspecified atom stereocenters. The topological polar surface area (TPSA) is 26.3 Å². The number of rotatable bonds is 5. The fourth-order valence-corrected chi connectivity index (χ4v) is 2.17. The Morgan fingerprint density at radius 1 is 1.14 bits per heavy atom. The Labute approximate surface area is 130 Å². The SMILES string of the molecule is Cc1ccc(Cl)c(OCC(=O)c2ccc(C(C)C)cc2)c1. The van der Waals surface area contributed by atoms with Crippen molar-refractivity contribution in [3.8, 4) is 5.75 Å². The van der Waals surface area contributed by atoms with Crippen LogP contribution in [0.4, 0.5) is 0 Å². The highest BCUT2D eigenvalue weighted by molar-refractivity contribution is 6.32. The molecule has 0 heterocycles. The summed E-state index contributed by atoms with van der Waals surface area (Å²) >= 11 is 6.04. The lowest BCUT2D eigenvalue weighted by atomic mass is 10.0. The van der Waals surface area contributed by atoms with Crippen LogP contribution in [0.2, 0.25) is 5.02 Å². The van der Waals surface area contributed by atoms with Gasteiger partial charge in [-0.05, 0) is 36.1 Å². The van der Waals surface area contributed by atoms with Crippen LogP contribution in [0.1, 0.15) is 41.3 Å². The third-order valence-electron chi connectivity index (χ3n) is 3.34. The largest absolute Gasteiger partial charge is 0.484 e. The number of carbonyl (C=O) groups excluding carboxylic acids is 1. The van der Waals surface area contributed by atoms with Crippen LogP contribution in [0.3, 0.4) is 0 Å². The van der Waals surface area contributed by atoms with Gasteiger partial charge in [0.05, 0.1) is 5.02 Å². The fraction of sp³-hybridized carbons (Fsp3) is 0.278. The van der Waals surface area contributed by atoms with E-state index in [2.05, 4.69) is 13.8 Å². The molecule has 0 saturated carbocycles. The van der Waals surface area contributed by atoms with Gasteiger partial charge in [0.15, 0.2) is 12.4 Å². The number of hydrogen-bond acceptors (Lipinski definition) is 2. The monoisotopic (exact) mass is 302 g/mol. The maximum Gasteiger partial charge on any atom is 0.200 e. The van der Waals surface area contributed by atoms with Gasteiger partial charge >= 0.3 is 0 Å². The normalized spacial score (nSPS) is 10.7. The van der Waals surface area contributed by atoms with E-state index in [9.17, 15) is 4.79 Å². The molecule has 0 amide bonds. The minimum Gasteiger partial charge on any atom is -0.484 e. The number of ether oxygens (including phenoxy) is 1. The van der Waals surface area contributed by atoms with E-state index < -0.39 is 0 Å². The lowest BCUT2D eigenvalue weighted by Gasteiger charge is -2.09. The van der Waals surface area contributed by atoms with E-state index in [0.717, 1.165) is 5.56 Å². The number of ketones is 1. The predicted octanol–water partition coefficient (Wildman–Crippen LogP) is 5.03. The van der Waals surface area contributed by atoms with Crippen LogP contribution >= 0.6 is 11.6 Å². The van der Waals surface area contributed by atoms with Crippen LogP contribution in [0.25, 0.3) is 0 Å². The summed E-state index contributed by atoms with van der Waals surface area (Å²) in [6.45, 7) is 6.19. The first-order chi connectivity index (χ1) is 9.97. The molecule has 0 aliphatic rings. The molecule has 0 atom stereocenters. The second kappa shape index (κ2) is 6.77. The first-order valence-corrected chi connectivity index (χ1v) is 7.37.